The Balaban J connectivity index is 1.65. The Hall–Kier alpha value is -3.36. The molecular formula is C25H21ClFN3O3S. The quantitative estimate of drug-likeness (QED) is 0.275. The number of hydrogen-bond acceptors (Lipinski definition) is 5. The van der Waals surface area contributed by atoms with Crippen LogP contribution in [0.4, 0.5) is 10.1 Å². The lowest BCUT2D eigenvalue weighted by molar-refractivity contribution is -0.115. The second-order valence-electron chi connectivity index (χ2n) is 7.52. The number of carbonyl (C=O) groups is 1. The lowest BCUT2D eigenvalue weighted by Crippen LogP contribution is -2.27. The van der Waals surface area contributed by atoms with Gasteiger partial charge in [0.1, 0.15) is 11.6 Å². The number of fused-ring (bicyclic) bond motifs is 1. The van der Waals surface area contributed by atoms with Gasteiger partial charge in [0, 0.05) is 0 Å². The minimum atomic E-state index is -0.615. The molecule has 0 spiro atoms. The molecule has 1 atom stereocenters. The number of nitrogens with zero attached hydrogens (tertiary/aromatic N) is 2. The maximum Gasteiger partial charge on any atom is 0.262 e. The second-order valence-corrected chi connectivity index (χ2v) is 9.24. The van der Waals surface area contributed by atoms with Crippen LogP contribution in [0.5, 0.6) is 5.75 Å². The van der Waals surface area contributed by atoms with Crippen LogP contribution in [0.25, 0.3) is 10.9 Å². The van der Waals surface area contributed by atoms with Crippen LogP contribution in [0.3, 0.4) is 0 Å². The van der Waals surface area contributed by atoms with Crippen LogP contribution in [-0.4, -0.2) is 27.8 Å². The highest BCUT2D eigenvalue weighted by Crippen LogP contribution is 2.27. The Kier molecular flexibility index (Phi) is 7.19. The van der Waals surface area contributed by atoms with Crippen molar-refractivity contribution >= 4 is 45.9 Å². The number of benzene rings is 3. The van der Waals surface area contributed by atoms with E-state index in [2.05, 4.69) is 10.3 Å². The van der Waals surface area contributed by atoms with Gasteiger partial charge >= 0.3 is 0 Å². The van der Waals surface area contributed by atoms with E-state index in [1.807, 2.05) is 30.3 Å². The van der Waals surface area contributed by atoms with Crippen molar-refractivity contribution in [2.45, 2.75) is 23.9 Å². The Morgan fingerprint density at radius 1 is 1.18 bits per heavy atom. The van der Waals surface area contributed by atoms with Crippen molar-refractivity contribution in [3.05, 3.63) is 93.5 Å². The van der Waals surface area contributed by atoms with Gasteiger partial charge in [-0.1, -0.05) is 47.6 Å². The molecule has 0 aliphatic carbocycles. The number of amides is 1. The first-order valence-electron chi connectivity index (χ1n) is 10.4. The summed E-state index contributed by atoms with van der Waals surface area (Å²) in [7, 11) is 1.59. The molecule has 1 amide bonds. The zero-order valence-corrected chi connectivity index (χ0v) is 20.0. The number of halogens is 2. The van der Waals surface area contributed by atoms with Gasteiger partial charge in [0.25, 0.3) is 5.56 Å². The lowest BCUT2D eigenvalue weighted by Gasteiger charge is -2.17. The Bertz CT molecular complexity index is 1410. The summed E-state index contributed by atoms with van der Waals surface area (Å²) in [5.74, 6) is -0.127. The number of para-hydroxylation sites is 1. The first-order chi connectivity index (χ1) is 16.4. The number of carbonyl (C=O) groups excluding carboxylic acids is 1. The molecule has 0 saturated heterocycles. The van der Waals surface area contributed by atoms with Gasteiger partial charge in [0.2, 0.25) is 5.91 Å². The average molecular weight is 498 g/mol. The third-order valence-electron chi connectivity index (χ3n) is 5.17. The van der Waals surface area contributed by atoms with Gasteiger partial charge in [-0.15, -0.1) is 0 Å². The lowest BCUT2D eigenvalue weighted by atomic mass is 10.2. The minimum Gasteiger partial charge on any atom is -0.497 e. The zero-order valence-electron chi connectivity index (χ0n) is 18.4. The van der Waals surface area contributed by atoms with Crippen molar-refractivity contribution in [1.82, 2.24) is 9.55 Å². The van der Waals surface area contributed by atoms with Gasteiger partial charge in [-0.05, 0) is 55.0 Å². The van der Waals surface area contributed by atoms with Crippen molar-refractivity contribution in [2.24, 2.45) is 0 Å². The highest BCUT2D eigenvalue weighted by Gasteiger charge is 2.20. The van der Waals surface area contributed by atoms with Crippen LogP contribution < -0.4 is 15.6 Å². The first-order valence-corrected chi connectivity index (χ1v) is 11.7. The number of aromatic nitrogens is 2. The SMILES string of the molecule is COc1ccc(Cn2c(SC(C)C(=O)Nc3ccc(F)cc3Cl)nc3ccccc3c2=O)cc1. The molecule has 1 unspecified atom stereocenters. The van der Waals surface area contributed by atoms with Gasteiger partial charge in [0.05, 0.1) is 40.5 Å². The van der Waals surface area contributed by atoms with Crippen LogP contribution in [0.1, 0.15) is 12.5 Å². The molecule has 9 heteroatoms. The molecule has 3 aromatic carbocycles. The van der Waals surface area contributed by atoms with E-state index in [1.54, 1.807) is 36.8 Å². The summed E-state index contributed by atoms with van der Waals surface area (Å²) in [6.07, 6.45) is 0. The molecule has 34 heavy (non-hydrogen) atoms. The fourth-order valence-corrected chi connectivity index (χ4v) is 4.45. The molecule has 0 aliphatic heterocycles. The first kappa shape index (κ1) is 23.8. The van der Waals surface area contributed by atoms with Crippen LogP contribution in [0.15, 0.2) is 76.7 Å². The second kappa shape index (κ2) is 10.3. The van der Waals surface area contributed by atoms with Crippen LogP contribution in [-0.2, 0) is 11.3 Å². The summed E-state index contributed by atoms with van der Waals surface area (Å²) >= 11 is 7.19. The number of rotatable bonds is 7. The molecule has 0 fully saturated rings. The van der Waals surface area contributed by atoms with E-state index in [0.29, 0.717) is 27.5 Å². The molecule has 0 saturated carbocycles. The van der Waals surface area contributed by atoms with Gasteiger partial charge in [-0.25, -0.2) is 9.37 Å². The number of thioether (sulfide) groups is 1. The average Bonchev–Trinajstić information content (AvgIpc) is 2.83. The maximum atomic E-state index is 13.3. The van der Waals surface area contributed by atoms with Crippen molar-refractivity contribution in [3.63, 3.8) is 0 Å². The number of anilines is 1. The molecule has 174 valence electrons. The van der Waals surface area contributed by atoms with Crippen molar-refractivity contribution in [3.8, 4) is 5.75 Å². The molecule has 4 aromatic rings. The normalized spacial score (nSPS) is 11.9. The molecule has 1 heterocycles. The molecular weight excluding hydrogens is 477 g/mol. The van der Waals surface area contributed by atoms with E-state index < -0.39 is 11.1 Å². The topological polar surface area (TPSA) is 73.2 Å². The maximum absolute atomic E-state index is 13.3. The molecule has 6 nitrogen and oxygen atoms in total. The third kappa shape index (κ3) is 5.24. The highest BCUT2D eigenvalue weighted by molar-refractivity contribution is 8.00. The summed E-state index contributed by atoms with van der Waals surface area (Å²) in [6, 6.07) is 18.3. The van der Waals surface area contributed by atoms with Gasteiger partial charge in [0.15, 0.2) is 5.16 Å². The van der Waals surface area contributed by atoms with E-state index in [1.165, 1.54) is 12.1 Å². The molecule has 1 N–H and O–H groups in total. The smallest absolute Gasteiger partial charge is 0.262 e. The van der Waals surface area contributed by atoms with Gasteiger partial charge < -0.3 is 10.1 Å². The Labute approximate surface area is 204 Å². The van der Waals surface area contributed by atoms with Gasteiger partial charge in [-0.2, -0.15) is 0 Å². The number of ether oxygens (including phenoxy) is 1. The fourth-order valence-electron chi connectivity index (χ4n) is 3.33. The zero-order chi connectivity index (χ0) is 24.2. The molecule has 0 aliphatic rings. The summed E-state index contributed by atoms with van der Waals surface area (Å²) in [5, 5.41) is 3.10. The van der Waals surface area contributed by atoms with Crippen molar-refractivity contribution in [1.29, 1.82) is 0 Å². The Morgan fingerprint density at radius 3 is 2.62 bits per heavy atom. The standard InChI is InChI=1S/C25H21ClFN3O3S/c1-15(23(31)28-22-12-9-17(27)13-20(22)26)34-25-29-21-6-4-3-5-19(21)24(32)30(25)14-16-7-10-18(33-2)11-8-16/h3-13,15H,14H2,1-2H3,(H,28,31). The number of nitrogens with one attached hydrogen (secondary N) is 1. The van der Waals surface area contributed by atoms with Crippen LogP contribution in [0, 0.1) is 5.82 Å². The monoisotopic (exact) mass is 497 g/mol. The summed E-state index contributed by atoms with van der Waals surface area (Å²) < 4.78 is 20.1. The number of hydrogen-bond donors (Lipinski definition) is 1. The van der Waals surface area contributed by atoms with E-state index in [-0.39, 0.29) is 23.0 Å². The summed E-state index contributed by atoms with van der Waals surface area (Å²) in [6.45, 7) is 1.98. The molecule has 0 radical (unpaired) electrons. The van der Waals surface area contributed by atoms with E-state index in [0.717, 1.165) is 23.4 Å². The molecule has 1 aromatic heterocycles. The van der Waals surface area contributed by atoms with Crippen molar-refractivity contribution in [2.75, 3.05) is 12.4 Å². The van der Waals surface area contributed by atoms with Crippen molar-refractivity contribution < 1.29 is 13.9 Å². The van der Waals surface area contributed by atoms with Gasteiger partial charge in [-0.3, -0.25) is 14.2 Å². The van der Waals surface area contributed by atoms with E-state index >= 15 is 0 Å². The number of methoxy groups -OCH3 is 1. The summed E-state index contributed by atoms with van der Waals surface area (Å²) in [4.78, 5) is 30.8. The predicted octanol–water partition coefficient (Wildman–Crippen LogP) is 5.37. The minimum absolute atomic E-state index is 0.103. The Morgan fingerprint density at radius 2 is 1.91 bits per heavy atom. The van der Waals surface area contributed by atoms with E-state index in [4.69, 9.17) is 16.3 Å². The highest BCUT2D eigenvalue weighted by atomic mass is 35.5. The largest absolute Gasteiger partial charge is 0.497 e. The summed E-state index contributed by atoms with van der Waals surface area (Å²) in [5.41, 5.74) is 1.55. The third-order valence-corrected chi connectivity index (χ3v) is 6.57. The fraction of sp³-hybridized carbons (Fsp3) is 0.160. The van der Waals surface area contributed by atoms with Crippen LogP contribution in [0.2, 0.25) is 5.02 Å². The van der Waals surface area contributed by atoms with Crippen LogP contribution >= 0.6 is 23.4 Å². The molecule has 4 rings (SSSR count). The predicted molar refractivity (Wildman–Crippen MR) is 133 cm³/mol. The molecule has 0 bridgehead atoms. The van der Waals surface area contributed by atoms with E-state index in [9.17, 15) is 14.0 Å².